The zero-order valence-corrected chi connectivity index (χ0v) is 16.5. The van der Waals surface area contributed by atoms with Gasteiger partial charge in [-0.3, -0.25) is 14.6 Å². The molecule has 9 heteroatoms. The van der Waals surface area contributed by atoms with Crippen molar-refractivity contribution in [3.8, 4) is 17.3 Å². The van der Waals surface area contributed by atoms with Gasteiger partial charge in [-0.2, -0.15) is 14.7 Å². The van der Waals surface area contributed by atoms with Gasteiger partial charge in [-0.25, -0.2) is 8.42 Å². The summed E-state index contributed by atoms with van der Waals surface area (Å²) in [5.41, 5.74) is 2.20. The quantitative estimate of drug-likeness (QED) is 0.639. The number of piperazine rings is 1. The lowest BCUT2D eigenvalue weighted by Gasteiger charge is -2.34. The SMILES string of the molecule is N#Cc1ccccc1S(=O)(=O)N1CCN(Cn2nccc2-c2ccncc2)CC1. The Bertz CT molecular complexity index is 1130. The summed E-state index contributed by atoms with van der Waals surface area (Å²) in [7, 11) is -3.69. The van der Waals surface area contributed by atoms with Crippen LogP contribution in [0.5, 0.6) is 0 Å². The van der Waals surface area contributed by atoms with E-state index in [4.69, 9.17) is 0 Å². The number of rotatable bonds is 5. The molecular weight excluding hydrogens is 388 g/mol. The molecule has 0 N–H and O–H groups in total. The molecule has 1 aliphatic heterocycles. The van der Waals surface area contributed by atoms with Gasteiger partial charge in [-0.05, 0) is 30.3 Å². The maximum Gasteiger partial charge on any atom is 0.244 e. The van der Waals surface area contributed by atoms with Crippen LogP contribution in [0.25, 0.3) is 11.3 Å². The van der Waals surface area contributed by atoms with Crippen LogP contribution in [-0.4, -0.2) is 58.6 Å². The summed E-state index contributed by atoms with van der Waals surface area (Å²) in [6.45, 7) is 2.49. The Morgan fingerprint density at radius 2 is 1.69 bits per heavy atom. The number of aromatic nitrogens is 3. The third-order valence-corrected chi connectivity index (χ3v) is 6.94. The maximum absolute atomic E-state index is 13.0. The monoisotopic (exact) mass is 408 g/mol. The lowest BCUT2D eigenvalue weighted by Crippen LogP contribution is -2.49. The normalized spacial score (nSPS) is 15.8. The highest BCUT2D eigenvalue weighted by atomic mass is 32.2. The summed E-state index contributed by atoms with van der Waals surface area (Å²) < 4.78 is 29.3. The number of nitrogens with zero attached hydrogens (tertiary/aromatic N) is 6. The van der Waals surface area contributed by atoms with Crippen molar-refractivity contribution < 1.29 is 8.42 Å². The summed E-state index contributed by atoms with van der Waals surface area (Å²) in [6.07, 6.45) is 5.25. The minimum atomic E-state index is -3.69. The van der Waals surface area contributed by atoms with Crippen molar-refractivity contribution >= 4 is 10.0 Å². The summed E-state index contributed by atoms with van der Waals surface area (Å²) in [5.74, 6) is 0. The second kappa shape index (κ2) is 8.13. The molecule has 148 valence electrons. The maximum atomic E-state index is 13.0. The standard InChI is InChI=1S/C20H20N6O2S/c21-15-18-3-1-2-4-20(18)29(27,28)25-13-11-24(12-14-25)16-26-19(7-10-23-26)17-5-8-22-9-6-17/h1-10H,11-14,16H2. The van der Waals surface area contributed by atoms with E-state index in [-0.39, 0.29) is 10.5 Å². The summed E-state index contributed by atoms with van der Waals surface area (Å²) in [5, 5.41) is 13.6. The Labute approximate surface area is 169 Å². The molecule has 0 radical (unpaired) electrons. The van der Waals surface area contributed by atoms with E-state index in [1.807, 2.05) is 29.0 Å². The summed E-state index contributed by atoms with van der Waals surface area (Å²) in [6, 6.07) is 14.1. The molecule has 0 amide bonds. The van der Waals surface area contributed by atoms with Crippen molar-refractivity contribution in [2.75, 3.05) is 26.2 Å². The zero-order chi connectivity index (χ0) is 20.3. The Balaban J connectivity index is 1.45. The number of pyridine rings is 1. The van der Waals surface area contributed by atoms with E-state index in [9.17, 15) is 13.7 Å². The lowest BCUT2D eigenvalue weighted by atomic mass is 10.2. The third-order valence-electron chi connectivity index (χ3n) is 4.98. The largest absolute Gasteiger partial charge is 0.282 e. The molecule has 0 spiro atoms. The van der Waals surface area contributed by atoms with Crippen molar-refractivity contribution in [2.24, 2.45) is 0 Å². The topological polar surface area (TPSA) is 95.1 Å². The molecule has 29 heavy (non-hydrogen) atoms. The molecule has 0 saturated carbocycles. The molecule has 3 heterocycles. The van der Waals surface area contributed by atoms with Crippen molar-refractivity contribution in [2.45, 2.75) is 11.6 Å². The van der Waals surface area contributed by atoms with Gasteiger partial charge in [0.2, 0.25) is 10.0 Å². The average molecular weight is 408 g/mol. The van der Waals surface area contributed by atoms with Crippen LogP contribution in [0.2, 0.25) is 0 Å². The number of hydrogen-bond donors (Lipinski definition) is 0. The molecule has 2 aromatic heterocycles. The number of sulfonamides is 1. The van der Waals surface area contributed by atoms with Gasteiger partial charge < -0.3 is 0 Å². The Morgan fingerprint density at radius 1 is 0.966 bits per heavy atom. The number of nitriles is 1. The summed E-state index contributed by atoms with van der Waals surface area (Å²) in [4.78, 5) is 6.29. The van der Waals surface area contributed by atoms with E-state index in [1.54, 1.807) is 30.7 Å². The molecule has 1 aliphatic rings. The fraction of sp³-hybridized carbons (Fsp3) is 0.250. The van der Waals surface area contributed by atoms with Gasteiger partial charge in [0, 0.05) is 50.3 Å². The van der Waals surface area contributed by atoms with Gasteiger partial charge in [0.15, 0.2) is 0 Å². The molecule has 0 aliphatic carbocycles. The van der Waals surface area contributed by atoms with Gasteiger partial charge in [0.05, 0.1) is 22.8 Å². The minimum Gasteiger partial charge on any atom is -0.282 e. The van der Waals surface area contributed by atoms with Crippen LogP contribution >= 0.6 is 0 Å². The Morgan fingerprint density at radius 3 is 2.41 bits per heavy atom. The number of hydrogen-bond acceptors (Lipinski definition) is 6. The van der Waals surface area contributed by atoms with Crippen LogP contribution < -0.4 is 0 Å². The van der Waals surface area contributed by atoms with Crippen LogP contribution in [0.15, 0.2) is 66.0 Å². The first-order valence-corrected chi connectivity index (χ1v) is 10.7. The van der Waals surface area contributed by atoms with Gasteiger partial charge in [-0.15, -0.1) is 0 Å². The molecule has 3 aromatic rings. The Hall–Kier alpha value is -3.06. The molecule has 0 unspecified atom stereocenters. The van der Waals surface area contributed by atoms with Crippen LogP contribution in [0.3, 0.4) is 0 Å². The van der Waals surface area contributed by atoms with Gasteiger partial charge in [0.25, 0.3) is 0 Å². The predicted octanol–water partition coefficient (Wildman–Crippen LogP) is 1.78. The van der Waals surface area contributed by atoms with Gasteiger partial charge in [-0.1, -0.05) is 12.1 Å². The van der Waals surface area contributed by atoms with Crippen molar-refractivity contribution in [3.05, 3.63) is 66.6 Å². The van der Waals surface area contributed by atoms with Crippen LogP contribution in [0.4, 0.5) is 0 Å². The van der Waals surface area contributed by atoms with Crippen molar-refractivity contribution in [1.29, 1.82) is 5.26 Å². The Kier molecular flexibility index (Phi) is 5.40. The molecule has 1 saturated heterocycles. The molecular formula is C20H20N6O2S. The van der Waals surface area contributed by atoms with Crippen LogP contribution in [0.1, 0.15) is 5.56 Å². The number of benzene rings is 1. The zero-order valence-electron chi connectivity index (χ0n) is 15.7. The van der Waals surface area contributed by atoms with E-state index in [2.05, 4.69) is 15.0 Å². The highest BCUT2D eigenvalue weighted by Gasteiger charge is 2.30. The first-order valence-electron chi connectivity index (χ1n) is 9.23. The molecule has 4 rings (SSSR count). The fourth-order valence-corrected chi connectivity index (χ4v) is 5.00. The minimum absolute atomic E-state index is 0.0722. The molecule has 8 nitrogen and oxygen atoms in total. The van der Waals surface area contributed by atoms with Crippen molar-refractivity contribution in [1.82, 2.24) is 24.0 Å². The van der Waals surface area contributed by atoms with Crippen LogP contribution in [-0.2, 0) is 16.7 Å². The second-order valence-electron chi connectivity index (χ2n) is 6.72. The highest BCUT2D eigenvalue weighted by Crippen LogP contribution is 2.22. The average Bonchev–Trinajstić information content (AvgIpc) is 3.23. The van der Waals surface area contributed by atoms with E-state index in [0.717, 1.165) is 11.3 Å². The summed E-state index contributed by atoms with van der Waals surface area (Å²) >= 11 is 0. The van der Waals surface area contributed by atoms with E-state index < -0.39 is 10.0 Å². The predicted molar refractivity (Wildman–Crippen MR) is 107 cm³/mol. The third kappa shape index (κ3) is 3.91. The van der Waals surface area contributed by atoms with E-state index in [0.29, 0.717) is 32.8 Å². The highest BCUT2D eigenvalue weighted by molar-refractivity contribution is 7.89. The van der Waals surface area contributed by atoms with E-state index >= 15 is 0 Å². The van der Waals surface area contributed by atoms with Crippen molar-refractivity contribution in [3.63, 3.8) is 0 Å². The molecule has 0 atom stereocenters. The van der Waals surface area contributed by atoms with Gasteiger partial charge >= 0.3 is 0 Å². The molecule has 1 fully saturated rings. The fourth-order valence-electron chi connectivity index (χ4n) is 3.44. The smallest absolute Gasteiger partial charge is 0.244 e. The van der Waals surface area contributed by atoms with Crippen LogP contribution in [0, 0.1) is 11.3 Å². The second-order valence-corrected chi connectivity index (χ2v) is 8.63. The first-order chi connectivity index (χ1) is 14.1. The van der Waals surface area contributed by atoms with Gasteiger partial charge in [0.1, 0.15) is 6.07 Å². The van der Waals surface area contributed by atoms with E-state index in [1.165, 1.54) is 16.4 Å². The first kappa shape index (κ1) is 19.3. The molecule has 1 aromatic carbocycles. The lowest BCUT2D eigenvalue weighted by molar-refractivity contribution is 0.146. The molecule has 0 bridgehead atoms.